The first-order chi connectivity index (χ1) is 17.4. The maximum Gasteiger partial charge on any atom is 0.320 e. The van der Waals surface area contributed by atoms with Gasteiger partial charge in [0, 0.05) is 63.3 Å². The molecule has 2 atom stereocenters. The lowest BCUT2D eigenvalue weighted by Gasteiger charge is -2.35. The lowest BCUT2D eigenvalue weighted by Crippen LogP contribution is -2.53. The van der Waals surface area contributed by atoms with Gasteiger partial charge in [0.2, 0.25) is 10.0 Å². The zero-order valence-corrected chi connectivity index (χ0v) is 23.6. The van der Waals surface area contributed by atoms with E-state index in [2.05, 4.69) is 4.90 Å². The minimum absolute atomic E-state index is 0.0116. The number of nitrogens with zero attached hydrogens (tertiary/aromatic N) is 4. The number of carbonyl (C=O) groups is 2. The van der Waals surface area contributed by atoms with Gasteiger partial charge in [0.05, 0.1) is 16.3 Å². The van der Waals surface area contributed by atoms with Crippen LogP contribution in [0.15, 0.2) is 42.5 Å². The number of piperazine rings is 1. The van der Waals surface area contributed by atoms with Gasteiger partial charge in [-0.05, 0) is 37.2 Å². The van der Waals surface area contributed by atoms with E-state index >= 15 is 0 Å². The van der Waals surface area contributed by atoms with E-state index in [-0.39, 0.29) is 23.8 Å². The number of Topliss-reactive ketones (excluding diaryl/α,β-unsaturated/α-hetero) is 1. The van der Waals surface area contributed by atoms with Crippen LogP contribution >= 0.6 is 23.2 Å². The van der Waals surface area contributed by atoms with Crippen LogP contribution in [0.4, 0.5) is 4.79 Å². The fraction of sp³-hybridized carbons (Fsp3) is 0.462. The summed E-state index contributed by atoms with van der Waals surface area (Å²) in [7, 11) is -1.24. The molecule has 200 valence electrons. The summed E-state index contributed by atoms with van der Waals surface area (Å²) in [5, 5.41) is 0.956. The second-order valence-electron chi connectivity index (χ2n) is 9.85. The first kappa shape index (κ1) is 27.9. The SMILES string of the molecule is CC(=O)c1ccc(CN(C)[C@H]2CN(C(=O)N3CCN(S(C)(=O)=O)CC3)C[C@@H]2c2ccc(Cl)c(Cl)c2)cc1. The Kier molecular flexibility index (Phi) is 8.50. The predicted octanol–water partition coefficient (Wildman–Crippen LogP) is 3.79. The van der Waals surface area contributed by atoms with Crippen molar-refractivity contribution in [2.75, 3.05) is 52.6 Å². The monoisotopic (exact) mass is 566 g/mol. The fourth-order valence-corrected chi connectivity index (χ4v) is 6.25. The number of ketones is 1. The Bertz CT molecular complexity index is 1260. The number of urea groups is 1. The molecule has 37 heavy (non-hydrogen) atoms. The van der Waals surface area contributed by atoms with Crippen LogP contribution < -0.4 is 0 Å². The van der Waals surface area contributed by atoms with Gasteiger partial charge in [-0.15, -0.1) is 0 Å². The number of hydrogen-bond acceptors (Lipinski definition) is 5. The van der Waals surface area contributed by atoms with Crippen LogP contribution in [-0.2, 0) is 16.6 Å². The standard InChI is InChI=1S/C26H32Cl2N4O4S/c1-18(33)20-6-4-19(5-7-20)15-29(2)25-17-31(16-22(25)21-8-9-23(27)24(28)14-21)26(34)30-10-12-32(13-11-30)37(3,35)36/h4-9,14,22,25H,10-13,15-17H2,1-3H3/t22-,25+/m1/s1. The van der Waals surface area contributed by atoms with Gasteiger partial charge in [-0.25, -0.2) is 13.2 Å². The summed E-state index contributed by atoms with van der Waals surface area (Å²) in [6.07, 6.45) is 1.20. The summed E-state index contributed by atoms with van der Waals surface area (Å²) in [5.41, 5.74) is 2.76. The van der Waals surface area contributed by atoms with E-state index < -0.39 is 10.0 Å². The van der Waals surface area contributed by atoms with E-state index in [0.29, 0.717) is 61.4 Å². The molecule has 0 spiro atoms. The van der Waals surface area contributed by atoms with Crippen LogP contribution in [0.5, 0.6) is 0 Å². The van der Waals surface area contributed by atoms with Gasteiger partial charge in [-0.2, -0.15) is 4.31 Å². The van der Waals surface area contributed by atoms with Crippen LogP contribution in [-0.4, -0.2) is 97.9 Å². The molecular formula is C26H32Cl2N4O4S. The molecule has 2 aliphatic heterocycles. The number of hydrogen-bond donors (Lipinski definition) is 0. The molecule has 2 amide bonds. The normalized spacial score (nSPS) is 21.0. The van der Waals surface area contributed by atoms with Crippen LogP contribution in [0.3, 0.4) is 0 Å². The predicted molar refractivity (Wildman–Crippen MR) is 146 cm³/mol. The van der Waals surface area contributed by atoms with Crippen molar-refractivity contribution in [3.05, 3.63) is 69.2 Å². The summed E-state index contributed by atoms with van der Waals surface area (Å²) < 4.78 is 25.1. The number of sulfonamides is 1. The molecule has 0 bridgehead atoms. The van der Waals surface area contributed by atoms with Crippen LogP contribution in [0.1, 0.15) is 34.3 Å². The molecular weight excluding hydrogens is 535 g/mol. The lowest BCUT2D eigenvalue weighted by atomic mass is 9.93. The molecule has 2 aliphatic rings. The first-order valence-electron chi connectivity index (χ1n) is 12.2. The Morgan fingerprint density at radius 2 is 1.59 bits per heavy atom. The van der Waals surface area contributed by atoms with Gasteiger partial charge in [0.1, 0.15) is 0 Å². The fourth-order valence-electron chi connectivity index (χ4n) is 5.12. The molecule has 2 fully saturated rings. The molecule has 2 aromatic rings. The molecule has 0 unspecified atom stereocenters. The lowest BCUT2D eigenvalue weighted by molar-refractivity contribution is 0.101. The third-order valence-electron chi connectivity index (χ3n) is 7.27. The van der Waals surface area contributed by atoms with E-state index in [9.17, 15) is 18.0 Å². The zero-order valence-electron chi connectivity index (χ0n) is 21.2. The minimum Gasteiger partial charge on any atom is -0.322 e. The number of likely N-dealkylation sites (tertiary alicyclic amines) is 1. The zero-order chi connectivity index (χ0) is 26.9. The molecule has 0 aliphatic carbocycles. The van der Waals surface area contributed by atoms with Gasteiger partial charge in [-0.1, -0.05) is 53.5 Å². The van der Waals surface area contributed by atoms with Gasteiger partial charge in [-0.3, -0.25) is 9.69 Å². The van der Waals surface area contributed by atoms with Crippen molar-refractivity contribution >= 4 is 45.0 Å². The summed E-state index contributed by atoms with van der Waals surface area (Å²) >= 11 is 12.5. The molecule has 11 heteroatoms. The maximum absolute atomic E-state index is 13.5. The van der Waals surface area contributed by atoms with Gasteiger partial charge >= 0.3 is 6.03 Å². The van der Waals surface area contributed by atoms with Crippen LogP contribution in [0, 0.1) is 0 Å². The molecule has 2 aromatic carbocycles. The average Bonchev–Trinajstić information content (AvgIpc) is 3.31. The smallest absolute Gasteiger partial charge is 0.320 e. The van der Waals surface area contributed by atoms with Crippen molar-refractivity contribution in [1.82, 2.24) is 19.0 Å². The Balaban J connectivity index is 1.52. The molecule has 8 nitrogen and oxygen atoms in total. The van der Waals surface area contributed by atoms with E-state index in [0.717, 1.165) is 11.1 Å². The highest BCUT2D eigenvalue weighted by Crippen LogP contribution is 2.35. The number of likely N-dealkylation sites (N-methyl/N-ethyl adjacent to an activating group) is 1. The van der Waals surface area contributed by atoms with E-state index in [1.807, 2.05) is 48.3 Å². The highest BCUT2D eigenvalue weighted by molar-refractivity contribution is 7.88. The highest BCUT2D eigenvalue weighted by atomic mass is 35.5. The topological polar surface area (TPSA) is 81.2 Å². The van der Waals surface area contributed by atoms with E-state index in [4.69, 9.17) is 23.2 Å². The molecule has 0 radical (unpaired) electrons. The number of halogens is 2. The third-order valence-corrected chi connectivity index (χ3v) is 9.31. The number of benzene rings is 2. The Hall–Kier alpha value is -2.17. The summed E-state index contributed by atoms with van der Waals surface area (Å²) in [6, 6.07) is 13.1. The Morgan fingerprint density at radius 1 is 0.946 bits per heavy atom. The van der Waals surface area contributed by atoms with Crippen molar-refractivity contribution < 1.29 is 18.0 Å². The van der Waals surface area contributed by atoms with Crippen molar-refractivity contribution in [1.29, 1.82) is 0 Å². The summed E-state index contributed by atoms with van der Waals surface area (Å²) in [5.74, 6) is 0.0411. The van der Waals surface area contributed by atoms with Crippen molar-refractivity contribution in [3.8, 4) is 0 Å². The summed E-state index contributed by atoms with van der Waals surface area (Å²) in [6.45, 7) is 4.57. The van der Waals surface area contributed by atoms with Gasteiger partial charge in [0.15, 0.2) is 5.78 Å². The second kappa shape index (κ2) is 11.3. The van der Waals surface area contributed by atoms with Crippen molar-refractivity contribution in [2.24, 2.45) is 0 Å². The number of rotatable bonds is 6. The van der Waals surface area contributed by atoms with E-state index in [1.54, 1.807) is 17.9 Å². The summed E-state index contributed by atoms with van der Waals surface area (Å²) in [4.78, 5) is 30.9. The molecule has 0 saturated carbocycles. The first-order valence-corrected chi connectivity index (χ1v) is 14.8. The van der Waals surface area contributed by atoms with Crippen LogP contribution in [0.2, 0.25) is 10.0 Å². The quantitative estimate of drug-likeness (QED) is 0.497. The molecule has 0 N–H and O–H groups in total. The molecule has 2 heterocycles. The molecule has 2 saturated heterocycles. The average molecular weight is 568 g/mol. The minimum atomic E-state index is -3.27. The van der Waals surface area contributed by atoms with Crippen molar-refractivity contribution in [3.63, 3.8) is 0 Å². The van der Waals surface area contributed by atoms with Gasteiger partial charge < -0.3 is 9.80 Å². The largest absolute Gasteiger partial charge is 0.322 e. The number of carbonyl (C=O) groups excluding carboxylic acids is 2. The molecule has 4 rings (SSSR count). The van der Waals surface area contributed by atoms with Gasteiger partial charge in [0.25, 0.3) is 0 Å². The van der Waals surface area contributed by atoms with Crippen molar-refractivity contribution in [2.45, 2.75) is 25.4 Å². The maximum atomic E-state index is 13.5. The Labute approximate surface area is 228 Å². The molecule has 0 aromatic heterocycles. The number of amides is 2. The van der Waals surface area contributed by atoms with Crippen LogP contribution in [0.25, 0.3) is 0 Å². The highest BCUT2D eigenvalue weighted by Gasteiger charge is 2.40. The Morgan fingerprint density at radius 3 is 2.16 bits per heavy atom. The second-order valence-corrected chi connectivity index (χ2v) is 12.6. The third kappa shape index (κ3) is 6.46. The van der Waals surface area contributed by atoms with E-state index in [1.165, 1.54) is 10.6 Å².